The predicted molar refractivity (Wildman–Crippen MR) is 93.4 cm³/mol. The predicted octanol–water partition coefficient (Wildman–Crippen LogP) is 6.64. The monoisotopic (exact) mass is 290 g/mol. The molecule has 120 valence electrons. The van der Waals surface area contributed by atoms with Crippen LogP contribution in [0.5, 0.6) is 5.75 Å². The highest BCUT2D eigenvalue weighted by Gasteiger charge is 2.12. The minimum atomic E-state index is 0.728. The van der Waals surface area contributed by atoms with Crippen molar-refractivity contribution < 1.29 is 4.74 Å². The fraction of sp³-hybridized carbons (Fsp3) is 0.700. The first-order chi connectivity index (χ1) is 10.2. The summed E-state index contributed by atoms with van der Waals surface area (Å²) in [7, 11) is 1.75. The first kappa shape index (κ1) is 18.1. The van der Waals surface area contributed by atoms with Crippen LogP contribution in [0.25, 0.3) is 0 Å². The van der Waals surface area contributed by atoms with E-state index in [-0.39, 0.29) is 0 Å². The standard InChI is InChI=1S/C20H34O/c1-5-7-8-9-10-11-13-18(12-6-2)19-14-15-20(21-4)17(3)16-19/h14-16,18H,5-13H2,1-4H3. The lowest BCUT2D eigenvalue weighted by Gasteiger charge is -2.18. The molecular weight excluding hydrogens is 256 g/mol. The van der Waals surface area contributed by atoms with Gasteiger partial charge in [-0.05, 0) is 42.9 Å². The second-order valence-electron chi connectivity index (χ2n) is 6.27. The van der Waals surface area contributed by atoms with Gasteiger partial charge in [0.05, 0.1) is 7.11 Å². The maximum absolute atomic E-state index is 5.38. The lowest BCUT2D eigenvalue weighted by Crippen LogP contribution is -2.00. The van der Waals surface area contributed by atoms with Crippen LogP contribution in [0.4, 0.5) is 0 Å². The molecule has 1 rings (SSSR count). The van der Waals surface area contributed by atoms with E-state index in [2.05, 4.69) is 39.0 Å². The number of aryl methyl sites for hydroxylation is 1. The molecule has 21 heavy (non-hydrogen) atoms. The van der Waals surface area contributed by atoms with Crippen LogP contribution in [0.15, 0.2) is 18.2 Å². The Morgan fingerprint density at radius 1 is 0.905 bits per heavy atom. The minimum absolute atomic E-state index is 0.728. The largest absolute Gasteiger partial charge is 0.496 e. The van der Waals surface area contributed by atoms with Crippen LogP contribution < -0.4 is 4.74 Å². The summed E-state index contributed by atoms with van der Waals surface area (Å²) in [5.74, 6) is 1.74. The molecule has 0 radical (unpaired) electrons. The topological polar surface area (TPSA) is 9.23 Å². The number of methoxy groups -OCH3 is 1. The summed E-state index contributed by atoms with van der Waals surface area (Å²) < 4.78 is 5.38. The van der Waals surface area contributed by atoms with E-state index in [1.54, 1.807) is 7.11 Å². The number of rotatable bonds is 11. The zero-order valence-corrected chi connectivity index (χ0v) is 14.6. The van der Waals surface area contributed by atoms with E-state index in [1.165, 1.54) is 68.9 Å². The summed E-state index contributed by atoms with van der Waals surface area (Å²) in [6.07, 6.45) is 12.2. The van der Waals surface area contributed by atoms with Crippen molar-refractivity contribution in [3.05, 3.63) is 29.3 Å². The van der Waals surface area contributed by atoms with Crippen molar-refractivity contribution >= 4 is 0 Å². The van der Waals surface area contributed by atoms with Gasteiger partial charge in [-0.1, -0.05) is 70.9 Å². The Balaban J connectivity index is 2.50. The normalized spacial score (nSPS) is 12.4. The Morgan fingerprint density at radius 3 is 2.24 bits per heavy atom. The zero-order chi connectivity index (χ0) is 15.5. The number of benzene rings is 1. The lowest BCUT2D eigenvalue weighted by molar-refractivity contribution is 0.411. The van der Waals surface area contributed by atoms with E-state index < -0.39 is 0 Å². The zero-order valence-electron chi connectivity index (χ0n) is 14.6. The third-order valence-electron chi connectivity index (χ3n) is 4.43. The summed E-state index contributed by atoms with van der Waals surface area (Å²) >= 11 is 0. The molecule has 1 atom stereocenters. The van der Waals surface area contributed by atoms with Crippen molar-refractivity contribution in [2.24, 2.45) is 0 Å². The smallest absolute Gasteiger partial charge is 0.121 e. The highest BCUT2D eigenvalue weighted by atomic mass is 16.5. The van der Waals surface area contributed by atoms with Gasteiger partial charge < -0.3 is 4.74 Å². The molecular formula is C20H34O. The highest BCUT2D eigenvalue weighted by molar-refractivity contribution is 5.37. The summed E-state index contributed by atoms with van der Waals surface area (Å²) in [4.78, 5) is 0. The number of unbranched alkanes of at least 4 members (excludes halogenated alkanes) is 5. The molecule has 1 aromatic rings. The number of hydrogen-bond acceptors (Lipinski definition) is 1. The molecule has 0 N–H and O–H groups in total. The average Bonchev–Trinajstić information content (AvgIpc) is 2.49. The van der Waals surface area contributed by atoms with Crippen LogP contribution in [-0.2, 0) is 0 Å². The summed E-state index contributed by atoms with van der Waals surface area (Å²) in [5.41, 5.74) is 2.77. The molecule has 0 fully saturated rings. The number of hydrogen-bond donors (Lipinski definition) is 0. The lowest BCUT2D eigenvalue weighted by atomic mass is 9.88. The maximum atomic E-state index is 5.38. The van der Waals surface area contributed by atoms with Gasteiger partial charge >= 0.3 is 0 Å². The molecule has 0 spiro atoms. The Morgan fingerprint density at radius 2 is 1.62 bits per heavy atom. The van der Waals surface area contributed by atoms with Crippen LogP contribution >= 0.6 is 0 Å². The van der Waals surface area contributed by atoms with Crippen LogP contribution in [0.1, 0.15) is 88.7 Å². The Bertz CT molecular complexity index is 383. The molecule has 1 aromatic carbocycles. The quantitative estimate of drug-likeness (QED) is 0.415. The van der Waals surface area contributed by atoms with Crippen LogP contribution in [0, 0.1) is 6.92 Å². The van der Waals surface area contributed by atoms with Crippen molar-refractivity contribution in [1.29, 1.82) is 0 Å². The third kappa shape index (κ3) is 6.54. The first-order valence-electron chi connectivity index (χ1n) is 8.87. The molecule has 1 nitrogen and oxygen atoms in total. The van der Waals surface area contributed by atoms with Gasteiger partial charge in [-0.15, -0.1) is 0 Å². The average molecular weight is 290 g/mol. The van der Waals surface area contributed by atoms with Crippen molar-refractivity contribution in [2.75, 3.05) is 7.11 Å². The van der Waals surface area contributed by atoms with Gasteiger partial charge in [-0.25, -0.2) is 0 Å². The highest BCUT2D eigenvalue weighted by Crippen LogP contribution is 2.30. The van der Waals surface area contributed by atoms with Crippen LogP contribution in [-0.4, -0.2) is 7.11 Å². The van der Waals surface area contributed by atoms with Gasteiger partial charge in [0, 0.05) is 0 Å². The van der Waals surface area contributed by atoms with E-state index in [9.17, 15) is 0 Å². The SMILES string of the molecule is CCCCCCCCC(CCC)c1ccc(OC)c(C)c1. The van der Waals surface area contributed by atoms with Gasteiger partial charge in [-0.3, -0.25) is 0 Å². The molecule has 0 heterocycles. The molecule has 0 aliphatic rings. The molecule has 0 aromatic heterocycles. The van der Waals surface area contributed by atoms with Crippen molar-refractivity contribution in [3.8, 4) is 5.75 Å². The number of ether oxygens (including phenoxy) is 1. The van der Waals surface area contributed by atoms with Crippen LogP contribution in [0.3, 0.4) is 0 Å². The second kappa shape index (κ2) is 10.7. The van der Waals surface area contributed by atoms with E-state index in [4.69, 9.17) is 4.74 Å². The van der Waals surface area contributed by atoms with Gasteiger partial charge in [-0.2, -0.15) is 0 Å². The van der Waals surface area contributed by atoms with Crippen molar-refractivity contribution in [3.63, 3.8) is 0 Å². The minimum Gasteiger partial charge on any atom is -0.496 e. The maximum Gasteiger partial charge on any atom is 0.121 e. The summed E-state index contributed by atoms with van der Waals surface area (Å²) in [5, 5.41) is 0. The third-order valence-corrected chi connectivity index (χ3v) is 4.43. The Kier molecular flexibility index (Phi) is 9.21. The molecule has 1 unspecified atom stereocenters. The van der Waals surface area contributed by atoms with E-state index in [0.29, 0.717) is 0 Å². The molecule has 0 bridgehead atoms. The molecule has 0 amide bonds. The molecule has 0 aliphatic heterocycles. The van der Waals surface area contributed by atoms with Gasteiger partial charge in [0.15, 0.2) is 0 Å². The van der Waals surface area contributed by atoms with Crippen molar-refractivity contribution in [2.45, 2.75) is 84.5 Å². The van der Waals surface area contributed by atoms with E-state index in [0.717, 1.165) is 11.7 Å². The molecule has 0 aliphatic carbocycles. The Hall–Kier alpha value is -0.980. The molecule has 1 heteroatoms. The van der Waals surface area contributed by atoms with Crippen LogP contribution in [0.2, 0.25) is 0 Å². The van der Waals surface area contributed by atoms with Gasteiger partial charge in [0.1, 0.15) is 5.75 Å². The van der Waals surface area contributed by atoms with Gasteiger partial charge in [0.25, 0.3) is 0 Å². The molecule has 0 saturated heterocycles. The molecule has 0 saturated carbocycles. The van der Waals surface area contributed by atoms with Crippen molar-refractivity contribution in [1.82, 2.24) is 0 Å². The van der Waals surface area contributed by atoms with E-state index >= 15 is 0 Å². The fourth-order valence-electron chi connectivity index (χ4n) is 3.15. The summed E-state index contributed by atoms with van der Waals surface area (Å²) in [6, 6.07) is 6.73. The Labute approximate surface area is 132 Å². The van der Waals surface area contributed by atoms with E-state index in [1.807, 2.05) is 0 Å². The first-order valence-corrected chi connectivity index (χ1v) is 8.87. The fourth-order valence-corrected chi connectivity index (χ4v) is 3.15. The van der Waals surface area contributed by atoms with Gasteiger partial charge in [0.2, 0.25) is 0 Å². The second-order valence-corrected chi connectivity index (χ2v) is 6.27. The summed E-state index contributed by atoms with van der Waals surface area (Å²) in [6.45, 7) is 6.73.